The SMILES string of the molecule is CCCC[C@H](C)CN.CCCC[C@H](C)CNC(=O)C(c1ccccc1)c1ccccc1.CCCC[C@H](N)CNC(=O)C(c1ccccc1)c1ccccc1.NCCC[C@H](N)CNC(=O)C(c1ccccc1)c1ccccc1.O=C(O)C(c1ccccc1)c1ccccc1. The highest BCUT2D eigenvalue weighted by Gasteiger charge is 2.26. The van der Waals surface area contributed by atoms with Crippen molar-refractivity contribution >= 4 is 23.7 Å². The highest BCUT2D eigenvalue weighted by molar-refractivity contribution is 5.88. The molecule has 0 radical (unpaired) electrons. The van der Waals surface area contributed by atoms with E-state index in [1.165, 1.54) is 32.1 Å². The van der Waals surface area contributed by atoms with Crippen LogP contribution in [0.3, 0.4) is 0 Å². The van der Waals surface area contributed by atoms with Gasteiger partial charge in [0.1, 0.15) is 5.92 Å². The van der Waals surface area contributed by atoms with Gasteiger partial charge in [0.2, 0.25) is 17.7 Å². The van der Waals surface area contributed by atoms with Crippen molar-refractivity contribution in [3.8, 4) is 0 Å². The van der Waals surface area contributed by atoms with E-state index >= 15 is 0 Å². The number of nitrogens with two attached hydrogens (primary N) is 4. The van der Waals surface area contributed by atoms with Gasteiger partial charge in [-0.15, -0.1) is 0 Å². The summed E-state index contributed by atoms with van der Waals surface area (Å²) in [6.07, 6.45) is 12.4. The van der Waals surface area contributed by atoms with Crippen molar-refractivity contribution in [2.45, 2.75) is 141 Å². The summed E-state index contributed by atoms with van der Waals surface area (Å²) in [7, 11) is 0. The van der Waals surface area contributed by atoms with Crippen LogP contribution in [-0.4, -0.2) is 73.6 Å². The Morgan fingerprint density at radius 3 is 0.796 bits per heavy atom. The Hall–Kier alpha value is -8.52. The molecule has 0 aliphatic heterocycles. The predicted octanol–water partition coefficient (Wildman–Crippen LogP) is 14.9. The molecule has 0 heterocycles. The molecule has 12 nitrogen and oxygen atoms in total. The molecule has 8 aromatic rings. The zero-order chi connectivity index (χ0) is 67.3. The third-order valence-corrected chi connectivity index (χ3v) is 16.0. The molecule has 0 bridgehead atoms. The zero-order valence-electron chi connectivity index (χ0n) is 55.9. The standard InChI is InChI=1S/C21H27NO.C20H26N2O.C19H25N3O.C14H12O2.C7H17N/c1-3-4-11-17(2)16-22-21(23)20(18-12-7-5-8-13-18)19-14-9-6-10-15-19;1-2-3-14-18(21)15-22-20(23)19(16-10-6-4-7-11-16)17-12-8-5-9-13-17;20-13-7-12-17(21)14-22-19(23)18(15-8-3-1-4-9-15)16-10-5-2-6-11-16;15-14(16)13(11-7-3-1-4-8-11)12-9-5-2-6-10-12;1-3-4-5-7(2)6-8/h5-10,12-15,17,20H,3-4,11,16H2,1-2H3,(H,22,23);4-13,18-19H,2-3,14-15,21H2,1H3,(H,22,23);1-6,8-11,17-18H,7,12-14,20-21H2,(H,22,23);1-10,13H,(H,15,16);7H,3-6,8H2,1-2H3/t17-;18-;17-;;7-/m000.0/s1. The molecule has 0 aromatic heterocycles. The van der Waals surface area contributed by atoms with Crippen LogP contribution >= 0.6 is 0 Å². The summed E-state index contributed by atoms with van der Waals surface area (Å²) in [5.74, 6) is -0.933. The number of hydrogen-bond acceptors (Lipinski definition) is 8. The van der Waals surface area contributed by atoms with E-state index in [-0.39, 0.29) is 47.6 Å². The number of rotatable bonds is 31. The maximum absolute atomic E-state index is 12.8. The van der Waals surface area contributed by atoms with Crippen LogP contribution in [0.15, 0.2) is 243 Å². The lowest BCUT2D eigenvalue weighted by Gasteiger charge is -2.19. The summed E-state index contributed by atoms with van der Waals surface area (Å²) in [5, 5.41) is 18.4. The van der Waals surface area contributed by atoms with Gasteiger partial charge in [-0.25, -0.2) is 0 Å². The maximum atomic E-state index is 12.8. The summed E-state index contributed by atoms with van der Waals surface area (Å²) >= 11 is 0. The summed E-state index contributed by atoms with van der Waals surface area (Å²) in [5.41, 5.74) is 30.6. The van der Waals surface area contributed by atoms with Crippen molar-refractivity contribution in [1.82, 2.24) is 16.0 Å². The number of unbranched alkanes of at least 4 members (excludes halogenated alkanes) is 3. The summed E-state index contributed by atoms with van der Waals surface area (Å²) < 4.78 is 0. The fourth-order valence-corrected chi connectivity index (χ4v) is 10.5. The Bertz CT molecular complexity index is 2770. The average Bonchev–Trinajstić information content (AvgIpc) is 1.15. The molecule has 0 fully saturated rings. The minimum atomic E-state index is -0.822. The lowest BCUT2D eigenvalue weighted by Crippen LogP contribution is -2.39. The average molecular weight is 1260 g/mol. The van der Waals surface area contributed by atoms with Gasteiger partial charge in [0.25, 0.3) is 0 Å². The van der Waals surface area contributed by atoms with Gasteiger partial charge < -0.3 is 44.0 Å². The van der Waals surface area contributed by atoms with Crippen molar-refractivity contribution in [1.29, 1.82) is 0 Å². The number of nitrogens with one attached hydrogen (secondary N) is 3. The summed E-state index contributed by atoms with van der Waals surface area (Å²) in [4.78, 5) is 49.6. The Kier molecular flexibility index (Phi) is 38.5. The number of carbonyl (C=O) groups is 4. The molecule has 8 rings (SSSR count). The molecule has 0 aliphatic carbocycles. The molecule has 0 aliphatic rings. The van der Waals surface area contributed by atoms with Crippen LogP contribution in [0.2, 0.25) is 0 Å². The molecule has 4 atom stereocenters. The first-order valence-corrected chi connectivity index (χ1v) is 33.6. The minimum Gasteiger partial charge on any atom is -0.481 e. The van der Waals surface area contributed by atoms with Crippen LogP contribution in [0.5, 0.6) is 0 Å². The molecule has 0 saturated heterocycles. The molecule has 3 amide bonds. The third kappa shape index (κ3) is 29.8. The Morgan fingerprint density at radius 2 is 0.559 bits per heavy atom. The molecular weight excluding hydrogens is 1150 g/mol. The van der Waals surface area contributed by atoms with Crippen LogP contribution in [0, 0.1) is 11.8 Å². The van der Waals surface area contributed by atoms with E-state index in [9.17, 15) is 24.3 Å². The monoisotopic (exact) mass is 1260 g/mol. The van der Waals surface area contributed by atoms with Gasteiger partial charge >= 0.3 is 5.97 Å². The van der Waals surface area contributed by atoms with Crippen molar-refractivity contribution < 1.29 is 24.3 Å². The molecule has 0 spiro atoms. The second-order valence-corrected chi connectivity index (χ2v) is 23.9. The first kappa shape index (κ1) is 76.9. The molecule has 0 unspecified atom stereocenters. The van der Waals surface area contributed by atoms with Crippen molar-refractivity contribution in [3.05, 3.63) is 287 Å². The van der Waals surface area contributed by atoms with Crippen molar-refractivity contribution in [3.63, 3.8) is 0 Å². The van der Waals surface area contributed by atoms with E-state index in [1.807, 2.05) is 243 Å². The number of carboxylic acid groups (broad SMARTS) is 1. The van der Waals surface area contributed by atoms with Crippen LogP contribution in [0.4, 0.5) is 0 Å². The van der Waals surface area contributed by atoms with E-state index in [0.29, 0.717) is 25.6 Å². The van der Waals surface area contributed by atoms with E-state index in [2.05, 4.69) is 50.6 Å². The largest absolute Gasteiger partial charge is 0.481 e. The van der Waals surface area contributed by atoms with Crippen molar-refractivity contribution in [2.75, 3.05) is 32.7 Å². The number of benzene rings is 8. The molecule has 8 aromatic carbocycles. The van der Waals surface area contributed by atoms with E-state index in [4.69, 9.17) is 22.9 Å². The van der Waals surface area contributed by atoms with E-state index in [1.54, 1.807) is 0 Å². The quantitative estimate of drug-likeness (QED) is 0.0206. The number of carbonyl (C=O) groups excluding carboxylic acids is 3. The number of aliphatic carboxylic acids is 1. The van der Waals surface area contributed by atoms with E-state index < -0.39 is 11.9 Å². The molecule has 0 saturated carbocycles. The third-order valence-electron chi connectivity index (χ3n) is 16.0. The molecule has 12 N–H and O–H groups in total. The fraction of sp³-hybridized carbons (Fsp3) is 0.358. The second kappa shape index (κ2) is 46.5. The van der Waals surface area contributed by atoms with Gasteiger partial charge in [0.15, 0.2) is 0 Å². The number of hydrogen-bond donors (Lipinski definition) is 8. The number of amides is 3. The molecule has 12 heteroatoms. The zero-order valence-corrected chi connectivity index (χ0v) is 55.9. The normalized spacial score (nSPS) is 12.0. The Balaban J connectivity index is 0.000000256. The summed E-state index contributed by atoms with van der Waals surface area (Å²) in [6.45, 7) is 14.2. The maximum Gasteiger partial charge on any atom is 0.315 e. The highest BCUT2D eigenvalue weighted by Crippen LogP contribution is 2.28. The Labute approximate surface area is 556 Å². The van der Waals surface area contributed by atoms with Gasteiger partial charge in [0.05, 0.1) is 17.8 Å². The predicted molar refractivity (Wildman–Crippen MR) is 386 cm³/mol. The highest BCUT2D eigenvalue weighted by atomic mass is 16.4. The number of carboxylic acids is 1. The fourth-order valence-electron chi connectivity index (χ4n) is 10.5. The van der Waals surface area contributed by atoms with Crippen molar-refractivity contribution in [2.24, 2.45) is 34.8 Å². The topological polar surface area (TPSA) is 229 Å². The minimum absolute atomic E-state index is 0.00866. The van der Waals surface area contributed by atoms with Crippen LogP contribution in [0.1, 0.15) is 173 Å². The van der Waals surface area contributed by atoms with Gasteiger partial charge in [0, 0.05) is 31.7 Å². The lowest BCUT2D eigenvalue weighted by atomic mass is 9.90. The lowest BCUT2D eigenvalue weighted by molar-refractivity contribution is -0.137. The second-order valence-electron chi connectivity index (χ2n) is 23.9. The van der Waals surface area contributed by atoms with Crippen LogP contribution in [0.25, 0.3) is 0 Å². The molecule has 496 valence electrons. The Morgan fingerprint density at radius 1 is 0.333 bits per heavy atom. The van der Waals surface area contributed by atoms with Crippen LogP contribution in [-0.2, 0) is 19.2 Å². The molecular formula is C81H107N7O5. The van der Waals surface area contributed by atoms with E-state index in [0.717, 1.165) is 102 Å². The summed E-state index contributed by atoms with van der Waals surface area (Å²) in [6, 6.07) is 77.9. The van der Waals surface area contributed by atoms with Crippen LogP contribution < -0.4 is 38.9 Å². The first-order valence-electron chi connectivity index (χ1n) is 33.6. The van der Waals surface area contributed by atoms with Gasteiger partial charge in [-0.05, 0) is 102 Å². The van der Waals surface area contributed by atoms with Gasteiger partial charge in [-0.1, -0.05) is 316 Å². The first-order chi connectivity index (χ1) is 45.3. The molecule has 93 heavy (non-hydrogen) atoms. The smallest absolute Gasteiger partial charge is 0.315 e. The van der Waals surface area contributed by atoms with Gasteiger partial charge in [-0.3, -0.25) is 19.2 Å². The van der Waals surface area contributed by atoms with Gasteiger partial charge in [-0.2, -0.15) is 0 Å².